The van der Waals surface area contributed by atoms with Crippen LogP contribution < -0.4 is 0 Å². The molecule has 4 nitrogen and oxygen atoms in total. The molecule has 0 radical (unpaired) electrons. The van der Waals surface area contributed by atoms with Gasteiger partial charge in [-0.15, -0.1) is 11.3 Å². The van der Waals surface area contributed by atoms with Crippen LogP contribution in [-0.4, -0.2) is 34.8 Å². The molecule has 25 heavy (non-hydrogen) atoms. The standard InChI is InChI=1S/C19H22N2O2S2/c1-12-9-15(14(3)21(12)13(2)10-23-4)17(22)11-24-19-20-16-7-5-6-8-18(16)25-19/h5-9,13H,10-11H2,1-4H3/t13-/m1/s1. The summed E-state index contributed by atoms with van der Waals surface area (Å²) in [5.74, 6) is 0.552. The average molecular weight is 375 g/mol. The van der Waals surface area contributed by atoms with Gasteiger partial charge in [-0.3, -0.25) is 4.79 Å². The molecule has 1 atom stereocenters. The number of ketones is 1. The van der Waals surface area contributed by atoms with Crippen molar-refractivity contribution in [3.8, 4) is 0 Å². The van der Waals surface area contributed by atoms with Gasteiger partial charge in [-0.25, -0.2) is 4.98 Å². The topological polar surface area (TPSA) is 44.1 Å². The summed E-state index contributed by atoms with van der Waals surface area (Å²) in [4.78, 5) is 17.3. The lowest BCUT2D eigenvalue weighted by atomic mass is 10.2. The van der Waals surface area contributed by atoms with Crippen LogP contribution in [0.15, 0.2) is 34.7 Å². The number of methoxy groups -OCH3 is 1. The van der Waals surface area contributed by atoms with Crippen molar-refractivity contribution < 1.29 is 9.53 Å². The van der Waals surface area contributed by atoms with Crippen molar-refractivity contribution in [1.82, 2.24) is 9.55 Å². The summed E-state index contributed by atoms with van der Waals surface area (Å²) in [5.41, 5.74) is 3.90. The molecule has 2 aromatic heterocycles. The van der Waals surface area contributed by atoms with Crippen LogP contribution in [0.4, 0.5) is 0 Å². The maximum atomic E-state index is 12.7. The molecule has 0 spiro atoms. The highest BCUT2D eigenvalue weighted by molar-refractivity contribution is 8.01. The highest BCUT2D eigenvalue weighted by Gasteiger charge is 2.19. The minimum atomic E-state index is 0.147. The molecule has 3 aromatic rings. The predicted molar refractivity (Wildman–Crippen MR) is 105 cm³/mol. The highest BCUT2D eigenvalue weighted by Crippen LogP contribution is 2.30. The average Bonchev–Trinajstić information content (AvgIpc) is 3.13. The van der Waals surface area contributed by atoms with Crippen molar-refractivity contribution in [2.24, 2.45) is 0 Å². The van der Waals surface area contributed by atoms with Crippen molar-refractivity contribution in [3.05, 3.63) is 47.3 Å². The third kappa shape index (κ3) is 3.81. The molecule has 0 aliphatic carbocycles. The van der Waals surface area contributed by atoms with E-state index in [0.29, 0.717) is 12.4 Å². The molecule has 0 bridgehead atoms. The fourth-order valence-electron chi connectivity index (χ4n) is 3.17. The van der Waals surface area contributed by atoms with Crippen molar-refractivity contribution in [2.45, 2.75) is 31.2 Å². The number of benzene rings is 1. The summed E-state index contributed by atoms with van der Waals surface area (Å²) < 4.78 is 9.53. The Morgan fingerprint density at radius 3 is 2.84 bits per heavy atom. The van der Waals surface area contributed by atoms with Gasteiger partial charge in [0.25, 0.3) is 0 Å². The monoisotopic (exact) mass is 374 g/mol. The van der Waals surface area contributed by atoms with Gasteiger partial charge in [0.15, 0.2) is 10.1 Å². The first-order chi connectivity index (χ1) is 12.0. The number of nitrogens with zero attached hydrogens (tertiary/aromatic N) is 2. The Bertz CT molecular complexity index is 865. The third-order valence-corrected chi connectivity index (χ3v) is 6.41. The summed E-state index contributed by atoms with van der Waals surface area (Å²) >= 11 is 3.15. The van der Waals surface area contributed by atoms with Gasteiger partial charge in [-0.05, 0) is 39.0 Å². The highest BCUT2D eigenvalue weighted by atomic mass is 32.2. The van der Waals surface area contributed by atoms with E-state index in [1.807, 2.05) is 38.1 Å². The molecule has 2 heterocycles. The summed E-state index contributed by atoms with van der Waals surface area (Å²) in [7, 11) is 1.70. The molecular formula is C19H22N2O2S2. The second kappa shape index (κ2) is 7.72. The number of ether oxygens (including phenoxy) is 1. The molecule has 1 aromatic carbocycles. The van der Waals surface area contributed by atoms with Gasteiger partial charge in [-0.2, -0.15) is 0 Å². The number of hydrogen-bond donors (Lipinski definition) is 0. The zero-order valence-electron chi connectivity index (χ0n) is 14.9. The normalized spacial score (nSPS) is 12.6. The van der Waals surface area contributed by atoms with E-state index in [1.165, 1.54) is 11.8 Å². The molecule has 0 N–H and O–H groups in total. The predicted octanol–water partition coefficient (Wildman–Crippen LogP) is 4.90. The van der Waals surface area contributed by atoms with Crippen molar-refractivity contribution in [3.63, 3.8) is 0 Å². The van der Waals surface area contributed by atoms with E-state index in [4.69, 9.17) is 4.74 Å². The fraction of sp³-hybridized carbons (Fsp3) is 0.368. The van der Waals surface area contributed by atoms with E-state index in [9.17, 15) is 4.79 Å². The molecule has 0 aliphatic heterocycles. The van der Waals surface area contributed by atoms with Gasteiger partial charge < -0.3 is 9.30 Å². The van der Waals surface area contributed by atoms with E-state index >= 15 is 0 Å². The van der Waals surface area contributed by atoms with Gasteiger partial charge in [0.05, 0.1) is 28.6 Å². The number of aryl methyl sites for hydroxylation is 1. The first kappa shape index (κ1) is 18.2. The molecule has 3 rings (SSSR count). The molecule has 6 heteroatoms. The maximum Gasteiger partial charge on any atom is 0.174 e. The maximum absolute atomic E-state index is 12.7. The van der Waals surface area contributed by atoms with E-state index in [2.05, 4.69) is 22.5 Å². The molecule has 0 saturated carbocycles. The Hall–Kier alpha value is -1.63. The molecule has 0 aliphatic rings. The fourth-order valence-corrected chi connectivity index (χ4v) is 5.12. The first-order valence-corrected chi connectivity index (χ1v) is 10.0. The minimum Gasteiger partial charge on any atom is -0.383 e. The molecule has 0 saturated heterocycles. The Morgan fingerprint density at radius 1 is 1.36 bits per heavy atom. The number of carbonyl (C=O) groups excluding carboxylic acids is 1. The second-order valence-electron chi connectivity index (χ2n) is 6.12. The zero-order chi connectivity index (χ0) is 18.0. The van der Waals surface area contributed by atoms with Gasteiger partial charge in [0.1, 0.15) is 0 Å². The van der Waals surface area contributed by atoms with Crippen molar-refractivity contribution in [2.75, 3.05) is 19.5 Å². The van der Waals surface area contributed by atoms with Gasteiger partial charge in [0.2, 0.25) is 0 Å². The number of aromatic nitrogens is 2. The van der Waals surface area contributed by atoms with Crippen LogP contribution in [0.25, 0.3) is 10.2 Å². The number of carbonyl (C=O) groups is 1. The lowest BCUT2D eigenvalue weighted by molar-refractivity contribution is 0.102. The number of fused-ring (bicyclic) bond motifs is 1. The number of hydrogen-bond acceptors (Lipinski definition) is 5. The number of thioether (sulfide) groups is 1. The molecule has 0 amide bonds. The summed E-state index contributed by atoms with van der Waals surface area (Å²) in [6.07, 6.45) is 0. The quantitative estimate of drug-likeness (QED) is 0.436. The van der Waals surface area contributed by atoms with E-state index < -0.39 is 0 Å². The number of rotatable bonds is 7. The van der Waals surface area contributed by atoms with Crippen molar-refractivity contribution >= 4 is 39.1 Å². The van der Waals surface area contributed by atoms with Crippen LogP contribution in [0.5, 0.6) is 0 Å². The van der Waals surface area contributed by atoms with Crippen LogP contribution in [0.1, 0.15) is 34.7 Å². The summed E-state index contributed by atoms with van der Waals surface area (Å²) in [5, 5.41) is 0. The Balaban J connectivity index is 1.74. The zero-order valence-corrected chi connectivity index (χ0v) is 16.5. The van der Waals surface area contributed by atoms with Gasteiger partial charge in [-0.1, -0.05) is 23.9 Å². The van der Waals surface area contributed by atoms with Gasteiger partial charge in [0, 0.05) is 24.1 Å². The lowest BCUT2D eigenvalue weighted by Gasteiger charge is -2.17. The minimum absolute atomic E-state index is 0.147. The van der Waals surface area contributed by atoms with E-state index in [0.717, 1.165) is 31.5 Å². The molecule has 0 unspecified atom stereocenters. The van der Waals surface area contributed by atoms with Crippen LogP contribution in [0, 0.1) is 13.8 Å². The van der Waals surface area contributed by atoms with Crippen LogP contribution in [-0.2, 0) is 4.74 Å². The molecular weight excluding hydrogens is 352 g/mol. The SMILES string of the molecule is COC[C@@H](C)n1c(C)cc(C(=O)CSc2nc3ccccc3s2)c1C. The molecule has 132 valence electrons. The number of Topliss-reactive ketones (excluding diaryl/α,β-unsaturated/α-hetero) is 1. The van der Waals surface area contributed by atoms with Crippen LogP contribution in [0.2, 0.25) is 0 Å². The number of para-hydroxylation sites is 1. The Morgan fingerprint density at radius 2 is 2.12 bits per heavy atom. The summed E-state index contributed by atoms with van der Waals surface area (Å²) in [6, 6.07) is 10.3. The largest absolute Gasteiger partial charge is 0.383 e. The van der Waals surface area contributed by atoms with Crippen molar-refractivity contribution in [1.29, 1.82) is 0 Å². The van der Waals surface area contributed by atoms with Gasteiger partial charge >= 0.3 is 0 Å². The van der Waals surface area contributed by atoms with E-state index in [-0.39, 0.29) is 11.8 Å². The first-order valence-electron chi connectivity index (χ1n) is 8.20. The van der Waals surface area contributed by atoms with Crippen LogP contribution in [0.3, 0.4) is 0 Å². The summed E-state index contributed by atoms with van der Waals surface area (Å²) in [6.45, 7) is 6.78. The third-order valence-electron chi connectivity index (χ3n) is 4.23. The second-order valence-corrected chi connectivity index (χ2v) is 8.37. The Kier molecular flexibility index (Phi) is 5.61. The Labute approximate surface area is 156 Å². The lowest BCUT2D eigenvalue weighted by Crippen LogP contribution is -2.14. The number of thiazole rings is 1. The van der Waals surface area contributed by atoms with E-state index in [1.54, 1.807) is 18.4 Å². The smallest absolute Gasteiger partial charge is 0.174 e. The van der Waals surface area contributed by atoms with Crippen LogP contribution >= 0.6 is 23.1 Å². The molecule has 0 fully saturated rings.